The lowest BCUT2D eigenvalue weighted by atomic mass is 10.1. The molecule has 212 valence electrons. The summed E-state index contributed by atoms with van der Waals surface area (Å²) >= 11 is 3.45. The molecule has 0 aromatic heterocycles. The molecule has 0 bridgehead atoms. The van der Waals surface area contributed by atoms with Gasteiger partial charge in [0.05, 0.1) is 64.6 Å². The molecule has 0 saturated carbocycles. The first kappa shape index (κ1) is 27.7. The zero-order valence-corrected chi connectivity index (χ0v) is 23.6. The summed E-state index contributed by atoms with van der Waals surface area (Å²) in [6.45, 7) is 4.67. The van der Waals surface area contributed by atoms with Crippen LogP contribution < -0.4 is 31.9 Å². The summed E-state index contributed by atoms with van der Waals surface area (Å²) in [6.07, 6.45) is 3.59. The number of amides is 2. The van der Waals surface area contributed by atoms with Crippen molar-refractivity contribution in [3.8, 4) is 0 Å². The average Bonchev–Trinajstić information content (AvgIpc) is 2.97. The van der Waals surface area contributed by atoms with E-state index in [1.54, 1.807) is 18.2 Å². The van der Waals surface area contributed by atoms with Crippen LogP contribution in [0.4, 0.5) is 0 Å². The molecular formula is C26H39BrN8O4+2. The molecule has 5 rings (SSSR count). The van der Waals surface area contributed by atoms with Crippen LogP contribution in [-0.4, -0.2) is 120 Å². The van der Waals surface area contributed by atoms with E-state index in [-0.39, 0.29) is 49.2 Å². The van der Waals surface area contributed by atoms with Gasteiger partial charge in [-0.2, -0.15) is 0 Å². The fourth-order valence-electron chi connectivity index (χ4n) is 5.50. The molecule has 1 aromatic rings. The first-order valence-corrected chi connectivity index (χ1v) is 14.6. The fraction of sp³-hybridized carbons (Fsp3) is 0.615. The maximum absolute atomic E-state index is 13.0. The first-order chi connectivity index (χ1) is 18.9. The highest BCUT2D eigenvalue weighted by Crippen LogP contribution is 2.17. The molecule has 0 fully saturated rings. The number of hydrogen-bond donors (Lipinski definition) is 8. The highest BCUT2D eigenvalue weighted by Gasteiger charge is 2.33. The van der Waals surface area contributed by atoms with E-state index in [1.165, 1.54) is 0 Å². The Morgan fingerprint density at radius 2 is 1.10 bits per heavy atom. The highest BCUT2D eigenvalue weighted by atomic mass is 79.9. The van der Waals surface area contributed by atoms with E-state index in [2.05, 4.69) is 57.0 Å². The van der Waals surface area contributed by atoms with E-state index in [1.807, 2.05) is 0 Å². The molecule has 0 radical (unpaired) electrons. The largest absolute Gasteiger partial charge is 0.393 e. The third-order valence-corrected chi connectivity index (χ3v) is 8.32. The number of carbonyl (C=O) groups excluding carboxylic acids is 2. The smallest absolute Gasteiger partial charge is 0.346 e. The molecule has 0 saturated heterocycles. The maximum atomic E-state index is 13.0. The molecule has 0 spiro atoms. The lowest BCUT2D eigenvalue weighted by Gasteiger charge is -2.31. The van der Waals surface area contributed by atoms with E-state index in [0.717, 1.165) is 63.8 Å². The number of aliphatic hydroxyl groups excluding tert-OH is 2. The third-order valence-electron chi connectivity index (χ3n) is 7.87. The second-order valence-electron chi connectivity index (χ2n) is 10.7. The molecule has 4 atom stereocenters. The summed E-state index contributed by atoms with van der Waals surface area (Å²) in [5.74, 6) is 1.35. The van der Waals surface area contributed by atoms with Crippen LogP contribution in [0.1, 0.15) is 46.4 Å². The van der Waals surface area contributed by atoms with Gasteiger partial charge in [-0.1, -0.05) is 15.9 Å². The molecule has 4 aliphatic heterocycles. The van der Waals surface area contributed by atoms with Crippen molar-refractivity contribution in [3.63, 3.8) is 0 Å². The Kier molecular flexibility index (Phi) is 8.88. The van der Waals surface area contributed by atoms with Crippen molar-refractivity contribution in [2.45, 2.75) is 49.9 Å². The number of nitrogens with one attached hydrogen (secondary N) is 6. The van der Waals surface area contributed by atoms with Gasteiger partial charge in [0.1, 0.15) is 12.1 Å². The van der Waals surface area contributed by atoms with Crippen molar-refractivity contribution in [3.05, 3.63) is 33.8 Å². The van der Waals surface area contributed by atoms with Gasteiger partial charge in [-0.25, -0.2) is 0 Å². The fourth-order valence-corrected chi connectivity index (χ4v) is 5.99. The van der Waals surface area contributed by atoms with Gasteiger partial charge in [-0.15, -0.1) is 0 Å². The number of nitrogens with zero attached hydrogens (tertiary/aromatic N) is 2. The molecule has 1 aromatic carbocycles. The molecule has 4 aliphatic rings. The van der Waals surface area contributed by atoms with Gasteiger partial charge in [0.15, 0.2) is 0 Å². The summed E-state index contributed by atoms with van der Waals surface area (Å²) < 4.78 is 5.13. The number of guanidine groups is 2. The minimum atomic E-state index is -0.239. The molecule has 13 heteroatoms. The van der Waals surface area contributed by atoms with Crippen molar-refractivity contribution in [2.24, 2.45) is 0 Å². The Labute approximate surface area is 236 Å². The van der Waals surface area contributed by atoms with Crippen LogP contribution in [0, 0.1) is 0 Å². The van der Waals surface area contributed by atoms with Gasteiger partial charge in [0.25, 0.3) is 11.8 Å². The molecule has 12 nitrogen and oxygen atoms in total. The predicted octanol–water partition coefficient (Wildman–Crippen LogP) is -1.92. The molecule has 0 unspecified atom stereocenters. The van der Waals surface area contributed by atoms with Gasteiger partial charge in [-0.3, -0.25) is 40.0 Å². The average molecular weight is 608 g/mol. The van der Waals surface area contributed by atoms with Gasteiger partial charge in [0, 0.05) is 41.3 Å². The third kappa shape index (κ3) is 6.82. The van der Waals surface area contributed by atoms with Crippen LogP contribution in [-0.2, 0) is 0 Å². The van der Waals surface area contributed by atoms with Gasteiger partial charge in [-0.05, 0) is 18.2 Å². The minimum Gasteiger partial charge on any atom is -0.393 e. The Hall–Kier alpha value is -2.90. The molecular weight excluding hydrogens is 568 g/mol. The second kappa shape index (κ2) is 12.5. The van der Waals surface area contributed by atoms with Crippen molar-refractivity contribution < 1.29 is 29.0 Å². The topological polar surface area (TPSA) is 153 Å². The van der Waals surface area contributed by atoms with Crippen LogP contribution in [0.15, 0.2) is 22.7 Å². The molecule has 39 heavy (non-hydrogen) atoms. The lowest BCUT2D eigenvalue weighted by molar-refractivity contribution is -0.542. The normalized spacial score (nSPS) is 26.2. The second-order valence-corrected chi connectivity index (χ2v) is 11.6. The van der Waals surface area contributed by atoms with Gasteiger partial charge >= 0.3 is 11.9 Å². The monoisotopic (exact) mass is 606 g/mol. The van der Waals surface area contributed by atoms with E-state index in [4.69, 9.17) is 0 Å². The summed E-state index contributed by atoms with van der Waals surface area (Å²) in [5.41, 5.74) is 0.832. The quantitative estimate of drug-likeness (QED) is 0.159. The Balaban J connectivity index is 1.12. The van der Waals surface area contributed by atoms with Crippen molar-refractivity contribution in [1.82, 2.24) is 31.9 Å². The lowest BCUT2D eigenvalue weighted by Crippen LogP contribution is -2.61. The molecule has 2 amide bonds. The van der Waals surface area contributed by atoms with Crippen molar-refractivity contribution in [2.75, 3.05) is 52.5 Å². The first-order valence-electron chi connectivity index (χ1n) is 13.8. The van der Waals surface area contributed by atoms with Crippen LogP contribution in [0.3, 0.4) is 0 Å². The molecule has 4 heterocycles. The zero-order valence-electron chi connectivity index (χ0n) is 22.0. The van der Waals surface area contributed by atoms with Crippen LogP contribution >= 0.6 is 15.9 Å². The number of hydrogen-bond acceptors (Lipinski definition) is 8. The number of benzene rings is 1. The van der Waals surface area contributed by atoms with Crippen LogP contribution in [0.2, 0.25) is 0 Å². The van der Waals surface area contributed by atoms with E-state index in [9.17, 15) is 19.8 Å². The number of rotatable bonds is 8. The standard InChI is InChI=1S/C26H37BrN8O4/c27-18-10-16(23(38)28-12-19-1-5-34-7-3-21(14-36)32-25(34)30-19)9-17(11-18)24(39)29-13-20-2-6-35-8-4-22(15-37)33-26(35)31-20/h9-11,19-22,36-37H,1-8,12-15H2,(H4,28,29,30,31,32,33,38,39)/p+2/t19-,20-,21-,22-/m0/s1. The van der Waals surface area contributed by atoms with Crippen molar-refractivity contribution in [1.29, 1.82) is 0 Å². The Bertz CT molecular complexity index is 1070. The molecule has 0 aliphatic carbocycles. The maximum Gasteiger partial charge on any atom is 0.346 e. The van der Waals surface area contributed by atoms with Crippen molar-refractivity contribution >= 4 is 39.7 Å². The van der Waals surface area contributed by atoms with E-state index < -0.39 is 0 Å². The summed E-state index contributed by atoms with van der Waals surface area (Å²) in [7, 11) is 0. The predicted molar refractivity (Wildman–Crippen MR) is 149 cm³/mol. The van der Waals surface area contributed by atoms with Crippen LogP contribution in [0.25, 0.3) is 0 Å². The number of aliphatic hydroxyl groups is 2. The van der Waals surface area contributed by atoms with Crippen LogP contribution in [0.5, 0.6) is 0 Å². The Morgan fingerprint density at radius 3 is 1.51 bits per heavy atom. The minimum absolute atomic E-state index is 0.0493. The molecule has 8 N–H and O–H groups in total. The van der Waals surface area contributed by atoms with Gasteiger partial charge < -0.3 is 20.8 Å². The SMILES string of the molecule is O=C(NC[C@@H]1CC[N+]2=C(N[C@H](CO)CC2)N1)c1cc(Br)cc(C(=O)NC[C@@H]2CC[N+]3=C(N[C@H](CO)CC3)N2)c1. The highest BCUT2D eigenvalue weighted by molar-refractivity contribution is 9.10. The Morgan fingerprint density at radius 1 is 0.718 bits per heavy atom. The number of carbonyl (C=O) groups is 2. The zero-order chi connectivity index (χ0) is 27.4. The van der Waals surface area contributed by atoms with E-state index in [0.29, 0.717) is 28.7 Å². The summed E-state index contributed by atoms with van der Waals surface area (Å²) in [5, 5.41) is 38.5. The van der Waals surface area contributed by atoms with Gasteiger partial charge in [0.2, 0.25) is 0 Å². The number of halogens is 1. The van der Waals surface area contributed by atoms with E-state index >= 15 is 0 Å². The summed E-state index contributed by atoms with van der Waals surface area (Å²) in [4.78, 5) is 26.0. The summed E-state index contributed by atoms with van der Waals surface area (Å²) in [6, 6.07) is 5.29.